The summed E-state index contributed by atoms with van der Waals surface area (Å²) in [5.41, 5.74) is 1.70. The van der Waals surface area contributed by atoms with E-state index in [2.05, 4.69) is 0 Å². The van der Waals surface area contributed by atoms with Crippen LogP contribution in [0.1, 0.15) is 6.42 Å². The van der Waals surface area contributed by atoms with E-state index in [1.165, 1.54) is 23.9 Å². The number of anilines is 2. The molecule has 0 aromatic heterocycles. The molecule has 2 amide bonds. The molecule has 8 nitrogen and oxygen atoms in total. The molecule has 0 saturated heterocycles. The smallest absolute Gasteiger partial charge is 0.320 e. The topological polar surface area (TPSA) is 115 Å². The van der Waals surface area contributed by atoms with Crippen molar-refractivity contribution < 1.29 is 29.4 Å². The standard InChI is InChI=1S/C34H30N2O6/c1-35(27-19-11-9-17-24(27)22-13-5-3-6-14-22)30(37)29-26(31(38)39)21-34(29,33(41)42)32(40)36(2)28-20-12-10-18-25(28)23-15-7-4-8-16-23/h3-20,26,29H,21H2,1-2H3,(H,38,39)(H,41,42)/t26-,29+,34-/m0/s1. The molecule has 4 aromatic carbocycles. The molecule has 1 fully saturated rings. The van der Waals surface area contributed by atoms with Crippen molar-refractivity contribution in [2.75, 3.05) is 23.9 Å². The maximum absolute atomic E-state index is 14.2. The van der Waals surface area contributed by atoms with Gasteiger partial charge in [-0.2, -0.15) is 0 Å². The third-order valence-electron chi connectivity index (χ3n) is 8.16. The van der Waals surface area contributed by atoms with Crippen molar-refractivity contribution in [3.63, 3.8) is 0 Å². The largest absolute Gasteiger partial charge is 0.481 e. The number of hydrogen-bond donors (Lipinski definition) is 2. The van der Waals surface area contributed by atoms with Gasteiger partial charge in [-0.1, -0.05) is 97.1 Å². The van der Waals surface area contributed by atoms with Crippen molar-refractivity contribution in [2.24, 2.45) is 17.3 Å². The number of carbonyl (C=O) groups excluding carboxylic acids is 2. The molecular weight excluding hydrogens is 532 g/mol. The second kappa shape index (κ2) is 11.3. The first-order valence-electron chi connectivity index (χ1n) is 13.5. The number of aliphatic carboxylic acids is 2. The molecule has 4 aromatic rings. The van der Waals surface area contributed by atoms with Gasteiger partial charge in [0.15, 0.2) is 5.41 Å². The van der Waals surface area contributed by atoms with Crippen LogP contribution >= 0.6 is 0 Å². The summed E-state index contributed by atoms with van der Waals surface area (Å²) in [7, 11) is 2.94. The third-order valence-corrected chi connectivity index (χ3v) is 8.16. The summed E-state index contributed by atoms with van der Waals surface area (Å²) in [6.45, 7) is 0. The number of rotatable bonds is 8. The van der Waals surface area contributed by atoms with Gasteiger partial charge in [0.05, 0.1) is 23.2 Å². The molecule has 0 heterocycles. The lowest BCUT2D eigenvalue weighted by atomic mass is 9.52. The van der Waals surface area contributed by atoms with Crippen LogP contribution in [-0.2, 0) is 19.2 Å². The molecule has 212 valence electrons. The molecule has 1 aliphatic carbocycles. The fourth-order valence-corrected chi connectivity index (χ4v) is 5.91. The maximum atomic E-state index is 14.2. The zero-order valence-electron chi connectivity index (χ0n) is 23.2. The van der Waals surface area contributed by atoms with E-state index in [-0.39, 0.29) is 0 Å². The Morgan fingerprint density at radius 1 is 0.643 bits per heavy atom. The first-order valence-corrected chi connectivity index (χ1v) is 13.5. The summed E-state index contributed by atoms with van der Waals surface area (Å²) in [6, 6.07) is 32.8. The van der Waals surface area contributed by atoms with Crippen LogP contribution in [0.25, 0.3) is 22.3 Å². The minimum absolute atomic E-state index is 0.446. The van der Waals surface area contributed by atoms with Gasteiger partial charge >= 0.3 is 11.9 Å². The minimum Gasteiger partial charge on any atom is -0.481 e. The SMILES string of the molecule is CN(C(=O)[C@H]1[C@@H](C(=O)O)C[C@@]1(C(=O)O)C(=O)N(C)c1ccccc1-c1ccccc1)c1ccccc1-c1ccccc1. The van der Waals surface area contributed by atoms with Crippen LogP contribution in [0.15, 0.2) is 109 Å². The average Bonchev–Trinajstić information content (AvgIpc) is 3.00. The molecule has 0 bridgehead atoms. The van der Waals surface area contributed by atoms with Crippen LogP contribution in [0, 0.1) is 17.3 Å². The van der Waals surface area contributed by atoms with E-state index in [0.29, 0.717) is 22.5 Å². The highest BCUT2D eigenvalue weighted by Gasteiger charge is 2.70. The van der Waals surface area contributed by atoms with Gasteiger partial charge in [0.1, 0.15) is 0 Å². The van der Waals surface area contributed by atoms with Crippen molar-refractivity contribution in [3.05, 3.63) is 109 Å². The first-order chi connectivity index (χ1) is 20.2. The van der Waals surface area contributed by atoms with Crippen LogP contribution in [0.5, 0.6) is 0 Å². The van der Waals surface area contributed by atoms with Gasteiger partial charge < -0.3 is 20.0 Å². The molecule has 5 rings (SSSR count). The molecular formula is C34H30N2O6. The van der Waals surface area contributed by atoms with Gasteiger partial charge in [0.2, 0.25) is 11.8 Å². The first kappa shape index (κ1) is 28.3. The highest BCUT2D eigenvalue weighted by atomic mass is 16.4. The van der Waals surface area contributed by atoms with Crippen LogP contribution in [-0.4, -0.2) is 48.1 Å². The van der Waals surface area contributed by atoms with E-state index in [1.54, 1.807) is 24.3 Å². The molecule has 0 spiro atoms. The summed E-state index contributed by atoms with van der Waals surface area (Å²) in [6.07, 6.45) is -0.501. The molecule has 42 heavy (non-hydrogen) atoms. The Labute approximate surface area is 243 Å². The minimum atomic E-state index is -2.27. The number of hydrogen-bond acceptors (Lipinski definition) is 4. The lowest BCUT2D eigenvalue weighted by Crippen LogP contribution is -2.67. The summed E-state index contributed by atoms with van der Waals surface area (Å²) < 4.78 is 0. The van der Waals surface area contributed by atoms with Crippen molar-refractivity contribution in [1.29, 1.82) is 0 Å². The van der Waals surface area contributed by atoms with Crippen LogP contribution in [0.3, 0.4) is 0 Å². The highest BCUT2D eigenvalue weighted by molar-refractivity contribution is 6.17. The lowest BCUT2D eigenvalue weighted by Gasteiger charge is -2.50. The summed E-state index contributed by atoms with van der Waals surface area (Å²) >= 11 is 0. The number of carboxylic acid groups (broad SMARTS) is 2. The lowest BCUT2D eigenvalue weighted by molar-refractivity contribution is -0.184. The molecule has 0 aliphatic heterocycles. The summed E-state index contributed by atoms with van der Waals surface area (Å²) in [5, 5.41) is 20.5. The molecule has 8 heteroatoms. The molecule has 0 radical (unpaired) electrons. The van der Waals surface area contributed by atoms with Crippen molar-refractivity contribution in [1.82, 2.24) is 0 Å². The summed E-state index contributed by atoms with van der Waals surface area (Å²) in [5.74, 6) is -7.43. The van der Waals surface area contributed by atoms with E-state index in [9.17, 15) is 29.4 Å². The second-order valence-corrected chi connectivity index (χ2v) is 10.4. The average molecular weight is 563 g/mol. The van der Waals surface area contributed by atoms with Gasteiger partial charge in [0, 0.05) is 25.2 Å². The van der Waals surface area contributed by atoms with Gasteiger partial charge in [0.25, 0.3) is 0 Å². The van der Waals surface area contributed by atoms with E-state index < -0.39 is 47.4 Å². The van der Waals surface area contributed by atoms with Gasteiger partial charge in [-0.15, -0.1) is 0 Å². The number of carboxylic acids is 2. The summed E-state index contributed by atoms with van der Waals surface area (Å²) in [4.78, 5) is 56.0. The fraction of sp³-hybridized carbons (Fsp3) is 0.176. The number of nitrogens with zero attached hydrogens (tertiary/aromatic N) is 2. The van der Waals surface area contributed by atoms with E-state index in [0.717, 1.165) is 11.1 Å². The van der Waals surface area contributed by atoms with Crippen LogP contribution in [0.2, 0.25) is 0 Å². The Hall–Kier alpha value is -5.24. The Morgan fingerprint density at radius 3 is 1.52 bits per heavy atom. The molecule has 2 N–H and O–H groups in total. The predicted molar refractivity (Wildman–Crippen MR) is 160 cm³/mol. The number of amides is 2. The highest BCUT2D eigenvalue weighted by Crippen LogP contribution is 2.54. The van der Waals surface area contributed by atoms with Gasteiger partial charge in [-0.05, 0) is 29.7 Å². The third kappa shape index (κ3) is 4.71. The van der Waals surface area contributed by atoms with Crippen LogP contribution < -0.4 is 9.80 Å². The predicted octanol–water partition coefficient (Wildman–Crippen LogP) is 5.44. The number of carbonyl (C=O) groups is 4. The second-order valence-electron chi connectivity index (χ2n) is 10.4. The Morgan fingerprint density at radius 2 is 1.07 bits per heavy atom. The van der Waals surface area contributed by atoms with E-state index in [4.69, 9.17) is 0 Å². The number of para-hydroxylation sites is 2. The maximum Gasteiger partial charge on any atom is 0.320 e. The molecule has 1 saturated carbocycles. The molecule has 3 atom stereocenters. The Bertz CT molecular complexity index is 1660. The van der Waals surface area contributed by atoms with Crippen molar-refractivity contribution >= 4 is 35.1 Å². The van der Waals surface area contributed by atoms with Crippen LogP contribution in [0.4, 0.5) is 11.4 Å². The van der Waals surface area contributed by atoms with Gasteiger partial charge in [-0.3, -0.25) is 19.2 Å². The van der Waals surface area contributed by atoms with E-state index >= 15 is 0 Å². The van der Waals surface area contributed by atoms with Gasteiger partial charge in [-0.25, -0.2) is 0 Å². The molecule has 0 unspecified atom stereocenters. The Balaban J connectivity index is 1.56. The van der Waals surface area contributed by atoms with Crippen molar-refractivity contribution in [3.8, 4) is 22.3 Å². The quantitative estimate of drug-likeness (QED) is 0.277. The van der Waals surface area contributed by atoms with Crippen molar-refractivity contribution in [2.45, 2.75) is 6.42 Å². The zero-order chi connectivity index (χ0) is 30.0. The normalized spacial score (nSPS) is 19.3. The molecule has 1 aliphatic rings. The fourth-order valence-electron chi connectivity index (χ4n) is 5.91. The Kier molecular flexibility index (Phi) is 7.63. The number of benzene rings is 4. The monoisotopic (exact) mass is 562 g/mol. The van der Waals surface area contributed by atoms with E-state index in [1.807, 2.05) is 84.9 Å². The zero-order valence-corrected chi connectivity index (χ0v) is 23.2.